The van der Waals surface area contributed by atoms with Crippen LogP contribution in [0, 0.1) is 0 Å². The first-order valence-corrected chi connectivity index (χ1v) is 9.49. The summed E-state index contributed by atoms with van der Waals surface area (Å²) < 4.78 is 13.8. The number of benzene rings is 2. The topological polar surface area (TPSA) is 84.1 Å². The standard InChI is InChI=1S/C21H18ClN5O3/c1-29-18-9-7-15(8-10-18)11-26-13-19(22)23-20(21(26)28)30-14-16-12-27(25-24-16)17-5-3-2-4-6-17/h2-10,12-13H,11,14H2,1H3. The van der Waals surface area contributed by atoms with Crippen molar-refractivity contribution in [3.8, 4) is 17.3 Å². The third-order valence-corrected chi connectivity index (χ3v) is 4.53. The highest BCUT2D eigenvalue weighted by atomic mass is 35.5. The number of rotatable bonds is 7. The van der Waals surface area contributed by atoms with Gasteiger partial charge in [-0.2, -0.15) is 4.98 Å². The molecule has 0 aliphatic rings. The second kappa shape index (κ2) is 8.79. The molecule has 4 aromatic rings. The van der Waals surface area contributed by atoms with Gasteiger partial charge in [0.2, 0.25) is 0 Å². The van der Waals surface area contributed by atoms with Crippen molar-refractivity contribution >= 4 is 11.6 Å². The highest BCUT2D eigenvalue weighted by Gasteiger charge is 2.12. The molecule has 0 atom stereocenters. The highest BCUT2D eigenvalue weighted by Crippen LogP contribution is 2.14. The summed E-state index contributed by atoms with van der Waals surface area (Å²) in [5.41, 5.74) is 1.96. The summed E-state index contributed by atoms with van der Waals surface area (Å²) >= 11 is 6.10. The van der Waals surface area contributed by atoms with Gasteiger partial charge in [-0.1, -0.05) is 47.1 Å². The maximum Gasteiger partial charge on any atom is 0.313 e. The molecule has 0 radical (unpaired) electrons. The number of halogens is 1. The van der Waals surface area contributed by atoms with Gasteiger partial charge in [-0.15, -0.1) is 5.10 Å². The molecule has 0 aliphatic carbocycles. The predicted molar refractivity (Wildman–Crippen MR) is 111 cm³/mol. The number of hydrogen-bond acceptors (Lipinski definition) is 6. The maximum absolute atomic E-state index is 12.7. The number of nitrogens with zero attached hydrogens (tertiary/aromatic N) is 5. The van der Waals surface area contributed by atoms with Gasteiger partial charge < -0.3 is 14.0 Å². The zero-order valence-corrected chi connectivity index (χ0v) is 16.9. The van der Waals surface area contributed by atoms with Crippen LogP contribution < -0.4 is 15.0 Å². The largest absolute Gasteiger partial charge is 0.497 e. The van der Waals surface area contributed by atoms with E-state index in [-0.39, 0.29) is 23.2 Å². The third kappa shape index (κ3) is 4.49. The Morgan fingerprint density at radius 2 is 1.80 bits per heavy atom. The SMILES string of the molecule is COc1ccc(Cn2cc(Cl)nc(OCc3cn(-c4ccccc4)nn3)c2=O)cc1. The molecule has 9 heteroatoms. The number of hydrogen-bond donors (Lipinski definition) is 0. The lowest BCUT2D eigenvalue weighted by molar-refractivity contribution is 0.281. The Hall–Kier alpha value is -3.65. The van der Waals surface area contributed by atoms with Crippen LogP contribution in [-0.4, -0.2) is 31.7 Å². The van der Waals surface area contributed by atoms with E-state index in [1.54, 1.807) is 18.0 Å². The molecule has 4 rings (SSSR count). The molecule has 2 aromatic carbocycles. The molecule has 0 N–H and O–H groups in total. The molecule has 0 aliphatic heterocycles. The first-order valence-electron chi connectivity index (χ1n) is 9.12. The fraction of sp³-hybridized carbons (Fsp3) is 0.143. The summed E-state index contributed by atoms with van der Waals surface area (Å²) in [5, 5.41) is 8.30. The van der Waals surface area contributed by atoms with Gasteiger partial charge in [0.05, 0.1) is 25.5 Å². The molecule has 152 valence electrons. The fourth-order valence-electron chi connectivity index (χ4n) is 2.84. The Balaban J connectivity index is 1.49. The van der Waals surface area contributed by atoms with Crippen LogP contribution in [0.1, 0.15) is 11.3 Å². The Kier molecular flexibility index (Phi) is 5.76. The summed E-state index contributed by atoms with van der Waals surface area (Å²) in [4.78, 5) is 16.8. The summed E-state index contributed by atoms with van der Waals surface area (Å²) in [7, 11) is 1.60. The molecule has 30 heavy (non-hydrogen) atoms. The van der Waals surface area contributed by atoms with E-state index in [0.717, 1.165) is 17.0 Å². The normalized spacial score (nSPS) is 10.7. The minimum atomic E-state index is -0.384. The van der Waals surface area contributed by atoms with Crippen LogP contribution in [-0.2, 0) is 13.2 Å². The molecular weight excluding hydrogens is 406 g/mol. The van der Waals surface area contributed by atoms with Crippen molar-refractivity contribution in [3.63, 3.8) is 0 Å². The van der Waals surface area contributed by atoms with Crippen LogP contribution in [0.25, 0.3) is 5.69 Å². The van der Waals surface area contributed by atoms with Gasteiger partial charge in [-0.3, -0.25) is 4.79 Å². The smallest absolute Gasteiger partial charge is 0.313 e. The second-order valence-corrected chi connectivity index (χ2v) is 6.82. The average molecular weight is 424 g/mol. The van der Waals surface area contributed by atoms with Gasteiger partial charge in [0.15, 0.2) is 0 Å². The summed E-state index contributed by atoms with van der Waals surface area (Å²) in [6.07, 6.45) is 3.21. The van der Waals surface area contributed by atoms with Crippen LogP contribution in [0.4, 0.5) is 0 Å². The lowest BCUT2D eigenvalue weighted by atomic mass is 10.2. The van der Waals surface area contributed by atoms with Crippen molar-refractivity contribution in [1.29, 1.82) is 0 Å². The monoisotopic (exact) mass is 423 g/mol. The molecule has 0 spiro atoms. The van der Waals surface area contributed by atoms with Crippen molar-refractivity contribution in [2.24, 2.45) is 0 Å². The molecule has 0 saturated heterocycles. The van der Waals surface area contributed by atoms with E-state index in [9.17, 15) is 4.79 Å². The minimum Gasteiger partial charge on any atom is -0.497 e. The first-order chi connectivity index (χ1) is 14.6. The minimum absolute atomic E-state index is 0.0396. The van der Waals surface area contributed by atoms with E-state index >= 15 is 0 Å². The highest BCUT2D eigenvalue weighted by molar-refractivity contribution is 6.29. The van der Waals surface area contributed by atoms with Crippen LogP contribution in [0.2, 0.25) is 5.15 Å². The molecule has 0 amide bonds. The van der Waals surface area contributed by atoms with Gasteiger partial charge in [0, 0.05) is 6.20 Å². The van der Waals surface area contributed by atoms with Crippen molar-refractivity contribution in [2.45, 2.75) is 13.2 Å². The summed E-state index contributed by atoms with van der Waals surface area (Å²) in [5.74, 6) is 0.650. The molecular formula is C21H18ClN5O3. The van der Waals surface area contributed by atoms with Crippen molar-refractivity contribution in [1.82, 2.24) is 24.5 Å². The van der Waals surface area contributed by atoms with E-state index < -0.39 is 0 Å². The Labute approximate surface area is 177 Å². The number of para-hydroxylation sites is 1. The number of aromatic nitrogens is 5. The maximum atomic E-state index is 12.7. The summed E-state index contributed by atoms with van der Waals surface area (Å²) in [6.45, 7) is 0.365. The van der Waals surface area contributed by atoms with Gasteiger partial charge in [0.1, 0.15) is 23.2 Å². The molecule has 2 aromatic heterocycles. The lowest BCUT2D eigenvalue weighted by Gasteiger charge is -2.10. The van der Waals surface area contributed by atoms with Gasteiger partial charge in [-0.25, -0.2) is 4.68 Å². The Morgan fingerprint density at radius 3 is 2.53 bits per heavy atom. The van der Waals surface area contributed by atoms with Crippen molar-refractivity contribution in [2.75, 3.05) is 7.11 Å². The predicted octanol–water partition coefficient (Wildman–Crippen LogP) is 3.11. The molecule has 0 fully saturated rings. The average Bonchev–Trinajstić information content (AvgIpc) is 3.25. The van der Waals surface area contributed by atoms with Crippen LogP contribution in [0.3, 0.4) is 0 Å². The second-order valence-electron chi connectivity index (χ2n) is 6.43. The Morgan fingerprint density at radius 1 is 1.03 bits per heavy atom. The van der Waals surface area contributed by atoms with Gasteiger partial charge in [0.25, 0.3) is 5.88 Å². The first kappa shape index (κ1) is 19.7. The van der Waals surface area contributed by atoms with Crippen molar-refractivity contribution in [3.05, 3.63) is 93.8 Å². The quantitative estimate of drug-likeness (QED) is 0.454. The van der Waals surface area contributed by atoms with Crippen LogP contribution in [0.15, 0.2) is 71.8 Å². The molecule has 8 nitrogen and oxygen atoms in total. The zero-order valence-electron chi connectivity index (χ0n) is 16.1. The molecule has 0 bridgehead atoms. The molecule has 0 unspecified atom stereocenters. The fourth-order valence-corrected chi connectivity index (χ4v) is 3.03. The zero-order chi connectivity index (χ0) is 20.9. The van der Waals surface area contributed by atoms with Crippen LogP contribution in [0.5, 0.6) is 11.6 Å². The van der Waals surface area contributed by atoms with Gasteiger partial charge >= 0.3 is 5.56 Å². The molecule has 2 heterocycles. The van der Waals surface area contributed by atoms with Crippen molar-refractivity contribution < 1.29 is 9.47 Å². The number of methoxy groups -OCH3 is 1. The van der Waals surface area contributed by atoms with Gasteiger partial charge in [-0.05, 0) is 29.8 Å². The third-order valence-electron chi connectivity index (χ3n) is 4.34. The Bertz CT molecular complexity index is 1190. The van der Waals surface area contributed by atoms with E-state index in [1.807, 2.05) is 54.6 Å². The van der Waals surface area contributed by atoms with E-state index in [0.29, 0.717) is 12.2 Å². The lowest BCUT2D eigenvalue weighted by Crippen LogP contribution is -2.23. The van der Waals surface area contributed by atoms with E-state index in [4.69, 9.17) is 21.1 Å². The van der Waals surface area contributed by atoms with E-state index in [1.165, 1.54) is 10.8 Å². The molecule has 0 saturated carbocycles. The summed E-state index contributed by atoms with van der Waals surface area (Å²) in [6, 6.07) is 17.0. The van der Waals surface area contributed by atoms with E-state index in [2.05, 4.69) is 15.3 Å². The number of ether oxygens (including phenoxy) is 2. The van der Waals surface area contributed by atoms with Crippen LogP contribution >= 0.6 is 11.6 Å².